The normalized spacial score (nSPS) is 15.4. The van der Waals surface area contributed by atoms with Gasteiger partial charge >= 0.3 is 11.9 Å². The Hall–Kier alpha value is -1.18. The van der Waals surface area contributed by atoms with E-state index in [4.69, 9.17) is 23.7 Å². The molecule has 0 spiro atoms. The molecule has 7 heteroatoms. The summed E-state index contributed by atoms with van der Waals surface area (Å²) in [6.45, 7) is 2.75. The lowest BCUT2D eigenvalue weighted by Crippen LogP contribution is -2.47. The van der Waals surface area contributed by atoms with Crippen molar-refractivity contribution in [3.8, 4) is 0 Å². The average molecular weight is 278 g/mol. The highest BCUT2D eigenvalue weighted by Gasteiger charge is 2.33. The molecule has 0 amide bonds. The molecule has 19 heavy (non-hydrogen) atoms. The Balaban J connectivity index is 4.75. The number of carbonyl (C=O) groups excluding carboxylic acids is 2. The van der Waals surface area contributed by atoms with Gasteiger partial charge in [0.25, 0.3) is 0 Å². The summed E-state index contributed by atoms with van der Waals surface area (Å²) in [6.07, 6.45) is -1.81. The number of methoxy groups -OCH3 is 3. The number of esters is 2. The van der Waals surface area contributed by atoms with Crippen molar-refractivity contribution in [1.82, 2.24) is 0 Å². The van der Waals surface area contributed by atoms with Gasteiger partial charge in [0.2, 0.25) is 0 Å². The van der Waals surface area contributed by atoms with Crippen LogP contribution < -0.4 is 0 Å². The van der Waals surface area contributed by atoms with E-state index in [9.17, 15) is 9.59 Å². The molecular weight excluding hydrogens is 256 g/mol. The van der Waals surface area contributed by atoms with Gasteiger partial charge in [-0.15, -0.1) is 0 Å². The van der Waals surface area contributed by atoms with Crippen molar-refractivity contribution < 1.29 is 33.3 Å². The molecule has 112 valence electrons. The Morgan fingerprint density at radius 3 is 1.89 bits per heavy atom. The number of hydrogen-bond donors (Lipinski definition) is 0. The third kappa shape index (κ3) is 7.09. The van der Waals surface area contributed by atoms with Crippen molar-refractivity contribution in [3.63, 3.8) is 0 Å². The monoisotopic (exact) mass is 278 g/mol. The van der Waals surface area contributed by atoms with Crippen LogP contribution in [0.2, 0.25) is 0 Å². The van der Waals surface area contributed by atoms with Gasteiger partial charge in [0.05, 0.1) is 6.61 Å². The van der Waals surface area contributed by atoms with E-state index in [0.29, 0.717) is 0 Å². The molecule has 0 bridgehead atoms. The molecule has 0 unspecified atom stereocenters. The van der Waals surface area contributed by atoms with Crippen LogP contribution in [0.25, 0.3) is 0 Å². The lowest BCUT2D eigenvalue weighted by atomic mass is 10.1. The average Bonchev–Trinajstić information content (AvgIpc) is 2.33. The third-order valence-corrected chi connectivity index (χ3v) is 2.41. The first kappa shape index (κ1) is 17.8. The van der Waals surface area contributed by atoms with Gasteiger partial charge < -0.3 is 23.7 Å². The summed E-state index contributed by atoms with van der Waals surface area (Å²) in [5, 5.41) is 0. The molecule has 0 aromatic heterocycles. The second-order valence-electron chi connectivity index (χ2n) is 3.88. The highest BCUT2D eigenvalue weighted by Crippen LogP contribution is 2.13. The molecule has 0 rings (SSSR count). The smallest absolute Gasteiger partial charge is 0.303 e. The first-order valence-corrected chi connectivity index (χ1v) is 5.81. The van der Waals surface area contributed by atoms with Crippen LogP contribution in [0.3, 0.4) is 0 Å². The van der Waals surface area contributed by atoms with Crippen LogP contribution in [-0.4, -0.2) is 64.8 Å². The molecule has 0 aromatic carbocycles. The second-order valence-corrected chi connectivity index (χ2v) is 3.88. The van der Waals surface area contributed by atoms with Gasteiger partial charge in [0.15, 0.2) is 6.10 Å². The summed E-state index contributed by atoms with van der Waals surface area (Å²) in [5.41, 5.74) is 0. The van der Waals surface area contributed by atoms with Crippen molar-refractivity contribution in [2.45, 2.75) is 32.2 Å². The molecule has 0 aromatic rings. The summed E-state index contributed by atoms with van der Waals surface area (Å²) in [4.78, 5) is 21.9. The fourth-order valence-electron chi connectivity index (χ4n) is 1.61. The fraction of sp³-hybridized carbons (Fsp3) is 0.833. The largest absolute Gasteiger partial charge is 0.463 e. The maximum Gasteiger partial charge on any atom is 0.303 e. The van der Waals surface area contributed by atoms with Crippen LogP contribution >= 0.6 is 0 Å². The molecule has 0 N–H and O–H groups in total. The summed E-state index contributed by atoms with van der Waals surface area (Å²) in [6, 6.07) is 0. The second kappa shape index (κ2) is 9.71. The lowest BCUT2D eigenvalue weighted by molar-refractivity contribution is -0.175. The summed E-state index contributed by atoms with van der Waals surface area (Å²) < 4.78 is 25.5. The van der Waals surface area contributed by atoms with E-state index in [2.05, 4.69) is 0 Å². The number of carbonyl (C=O) groups is 2. The maximum absolute atomic E-state index is 11.1. The van der Waals surface area contributed by atoms with Crippen LogP contribution in [0, 0.1) is 0 Å². The van der Waals surface area contributed by atoms with Crippen LogP contribution in [0.1, 0.15) is 13.8 Å². The third-order valence-electron chi connectivity index (χ3n) is 2.41. The van der Waals surface area contributed by atoms with E-state index in [1.165, 1.54) is 35.2 Å². The topological polar surface area (TPSA) is 80.3 Å². The van der Waals surface area contributed by atoms with Crippen molar-refractivity contribution >= 4 is 11.9 Å². The quantitative estimate of drug-likeness (QED) is 0.556. The molecule has 0 aliphatic heterocycles. The fourth-order valence-corrected chi connectivity index (χ4v) is 1.61. The minimum Gasteiger partial charge on any atom is -0.463 e. The Bertz CT molecular complexity index is 279. The van der Waals surface area contributed by atoms with E-state index in [-0.39, 0.29) is 13.2 Å². The summed E-state index contributed by atoms with van der Waals surface area (Å²) in [7, 11) is 4.39. The van der Waals surface area contributed by atoms with Crippen LogP contribution in [0.4, 0.5) is 0 Å². The van der Waals surface area contributed by atoms with Gasteiger partial charge in [0, 0.05) is 35.2 Å². The molecule has 0 saturated heterocycles. The number of rotatable bonds is 9. The van der Waals surface area contributed by atoms with Crippen molar-refractivity contribution in [2.75, 3.05) is 34.5 Å². The number of ether oxygens (including phenoxy) is 5. The SMILES string of the molecule is COC[C@H](OC(C)=O)[C@H](OC)[C@H](COC(C)=O)OC. The maximum atomic E-state index is 11.1. The Morgan fingerprint density at radius 1 is 0.895 bits per heavy atom. The van der Waals surface area contributed by atoms with Crippen LogP contribution in [0.15, 0.2) is 0 Å². The van der Waals surface area contributed by atoms with E-state index in [0.717, 1.165) is 0 Å². The van der Waals surface area contributed by atoms with Gasteiger partial charge in [-0.3, -0.25) is 9.59 Å². The number of hydrogen-bond acceptors (Lipinski definition) is 7. The molecule has 0 fully saturated rings. The van der Waals surface area contributed by atoms with Crippen molar-refractivity contribution in [3.05, 3.63) is 0 Å². The van der Waals surface area contributed by atoms with Crippen molar-refractivity contribution in [2.24, 2.45) is 0 Å². The van der Waals surface area contributed by atoms with Crippen LogP contribution in [-0.2, 0) is 33.3 Å². The Labute approximate surface area is 113 Å². The molecule has 0 heterocycles. The summed E-state index contributed by atoms with van der Waals surface area (Å²) in [5.74, 6) is -0.876. The van der Waals surface area contributed by atoms with Gasteiger partial charge in [0.1, 0.15) is 18.8 Å². The molecule has 0 aliphatic rings. The highest BCUT2D eigenvalue weighted by atomic mass is 16.6. The minimum absolute atomic E-state index is 0.00577. The molecule has 0 saturated carbocycles. The van der Waals surface area contributed by atoms with E-state index in [1.807, 2.05) is 0 Å². The zero-order valence-electron chi connectivity index (χ0n) is 12.0. The van der Waals surface area contributed by atoms with Gasteiger partial charge in [-0.05, 0) is 0 Å². The zero-order chi connectivity index (χ0) is 14.8. The highest BCUT2D eigenvalue weighted by molar-refractivity contribution is 5.66. The minimum atomic E-state index is -0.645. The molecule has 0 aliphatic carbocycles. The van der Waals surface area contributed by atoms with E-state index >= 15 is 0 Å². The van der Waals surface area contributed by atoms with E-state index < -0.39 is 30.3 Å². The van der Waals surface area contributed by atoms with E-state index in [1.54, 1.807) is 0 Å². The Kier molecular flexibility index (Phi) is 9.11. The van der Waals surface area contributed by atoms with Gasteiger partial charge in [-0.1, -0.05) is 0 Å². The van der Waals surface area contributed by atoms with Crippen LogP contribution in [0.5, 0.6) is 0 Å². The summed E-state index contributed by atoms with van der Waals surface area (Å²) >= 11 is 0. The van der Waals surface area contributed by atoms with Crippen molar-refractivity contribution in [1.29, 1.82) is 0 Å². The molecular formula is C12H22O7. The predicted molar refractivity (Wildman–Crippen MR) is 65.7 cm³/mol. The molecule has 3 atom stereocenters. The molecule has 0 radical (unpaired) electrons. The zero-order valence-corrected chi connectivity index (χ0v) is 12.0. The predicted octanol–water partition coefficient (Wildman–Crippen LogP) is 0.158. The lowest BCUT2D eigenvalue weighted by Gasteiger charge is -2.30. The molecule has 7 nitrogen and oxygen atoms in total. The standard InChI is InChI=1S/C12H22O7/c1-8(13)18-7-10(16-4)12(17-5)11(6-15-3)19-9(2)14/h10-12H,6-7H2,1-5H3/t10-,11-,12+/m0/s1. The Morgan fingerprint density at radius 2 is 1.53 bits per heavy atom. The van der Waals surface area contributed by atoms with Gasteiger partial charge in [-0.2, -0.15) is 0 Å². The van der Waals surface area contributed by atoms with Gasteiger partial charge in [-0.25, -0.2) is 0 Å². The first-order valence-electron chi connectivity index (χ1n) is 5.81. The first-order chi connectivity index (χ1) is 8.96.